The van der Waals surface area contributed by atoms with Gasteiger partial charge in [0.1, 0.15) is 11.3 Å². The van der Waals surface area contributed by atoms with Crippen molar-refractivity contribution in [2.75, 3.05) is 25.5 Å². The topological polar surface area (TPSA) is 88.6 Å². The highest BCUT2D eigenvalue weighted by atomic mass is 32.2. The van der Waals surface area contributed by atoms with Gasteiger partial charge in [-0.25, -0.2) is 22.2 Å². The number of benzene rings is 2. The Morgan fingerprint density at radius 1 is 1.19 bits per heavy atom. The summed E-state index contributed by atoms with van der Waals surface area (Å²) < 4.78 is 59.5. The SMILES string of the molecule is COc1ccc(C)c2sc(NC(=O)C3CCN(S(=O)(=O)c4ccc(F)c(F)c4)CC3)nc12. The Labute approximate surface area is 188 Å². The summed E-state index contributed by atoms with van der Waals surface area (Å²) in [7, 11) is -2.41. The lowest BCUT2D eigenvalue weighted by Gasteiger charge is -2.30. The number of rotatable bonds is 5. The monoisotopic (exact) mass is 481 g/mol. The zero-order valence-corrected chi connectivity index (χ0v) is 19.0. The van der Waals surface area contributed by atoms with Gasteiger partial charge in [-0.15, -0.1) is 0 Å². The van der Waals surface area contributed by atoms with E-state index >= 15 is 0 Å². The van der Waals surface area contributed by atoms with Gasteiger partial charge in [-0.2, -0.15) is 4.31 Å². The number of amides is 1. The third-order valence-corrected chi connectivity index (χ3v) is 8.51. The van der Waals surface area contributed by atoms with Gasteiger partial charge in [0.25, 0.3) is 0 Å². The Kier molecular flexibility index (Phi) is 6.15. The Bertz CT molecular complexity index is 1290. The largest absolute Gasteiger partial charge is 0.494 e. The number of sulfonamides is 1. The molecule has 1 aliphatic rings. The number of anilines is 1. The number of hydrogen-bond donors (Lipinski definition) is 1. The molecule has 0 aliphatic carbocycles. The summed E-state index contributed by atoms with van der Waals surface area (Å²) in [6, 6.07) is 6.25. The fourth-order valence-corrected chi connectivity index (χ4v) is 6.12. The molecule has 1 N–H and O–H groups in total. The first-order valence-electron chi connectivity index (χ1n) is 9.91. The highest BCUT2D eigenvalue weighted by Crippen LogP contribution is 2.35. The minimum atomic E-state index is -3.97. The van der Waals surface area contributed by atoms with E-state index in [4.69, 9.17) is 4.74 Å². The molecule has 0 saturated carbocycles. The number of aryl methyl sites for hydroxylation is 1. The second kappa shape index (κ2) is 8.72. The summed E-state index contributed by atoms with van der Waals surface area (Å²) in [5, 5.41) is 3.29. The lowest BCUT2D eigenvalue weighted by molar-refractivity contribution is -0.120. The van der Waals surface area contributed by atoms with E-state index in [0.717, 1.165) is 22.4 Å². The number of halogens is 2. The average molecular weight is 482 g/mol. The summed E-state index contributed by atoms with van der Waals surface area (Å²) in [5.41, 5.74) is 1.70. The Morgan fingerprint density at radius 2 is 1.91 bits per heavy atom. The lowest BCUT2D eigenvalue weighted by atomic mass is 9.97. The van der Waals surface area contributed by atoms with Crippen LogP contribution in [-0.4, -0.2) is 43.8 Å². The van der Waals surface area contributed by atoms with Crippen molar-refractivity contribution in [3.63, 3.8) is 0 Å². The van der Waals surface area contributed by atoms with E-state index in [-0.39, 0.29) is 29.8 Å². The number of hydrogen-bond acceptors (Lipinski definition) is 6. The van der Waals surface area contributed by atoms with Crippen LogP contribution in [0.1, 0.15) is 18.4 Å². The number of carbonyl (C=O) groups excluding carboxylic acids is 1. The molecule has 2 heterocycles. The number of methoxy groups -OCH3 is 1. The van der Waals surface area contributed by atoms with Crippen LogP contribution in [0.4, 0.5) is 13.9 Å². The number of piperidine rings is 1. The first kappa shape index (κ1) is 22.6. The van der Waals surface area contributed by atoms with Gasteiger partial charge in [-0.3, -0.25) is 4.79 Å². The number of aromatic nitrogens is 1. The standard InChI is InChI=1S/C21H21F2N3O4S2/c1-12-3-6-17(30-2)18-19(12)31-21(24-18)25-20(27)13-7-9-26(10-8-13)32(28,29)14-4-5-15(22)16(23)11-14/h3-6,11,13H,7-10H2,1-2H3,(H,24,25,27). The Balaban J connectivity index is 1.43. The Hall–Kier alpha value is -2.63. The first-order chi connectivity index (χ1) is 15.2. The molecule has 1 aliphatic heterocycles. The van der Waals surface area contributed by atoms with Crippen molar-refractivity contribution in [2.24, 2.45) is 5.92 Å². The predicted molar refractivity (Wildman–Crippen MR) is 117 cm³/mol. The molecular formula is C21H21F2N3O4S2. The normalized spacial score (nSPS) is 15.8. The fourth-order valence-electron chi connectivity index (χ4n) is 3.68. The van der Waals surface area contributed by atoms with Crippen LogP contribution < -0.4 is 10.1 Å². The van der Waals surface area contributed by atoms with Crippen LogP contribution >= 0.6 is 11.3 Å². The summed E-state index contributed by atoms with van der Waals surface area (Å²) in [5.74, 6) is -2.32. The summed E-state index contributed by atoms with van der Waals surface area (Å²) in [4.78, 5) is 16.9. The Morgan fingerprint density at radius 3 is 2.56 bits per heavy atom. The molecule has 7 nitrogen and oxygen atoms in total. The molecule has 1 saturated heterocycles. The van der Waals surface area contributed by atoms with Gasteiger partial charge in [-0.05, 0) is 49.6 Å². The molecule has 3 aromatic rings. The zero-order chi connectivity index (χ0) is 23.0. The van der Waals surface area contributed by atoms with E-state index in [0.29, 0.717) is 35.3 Å². The average Bonchev–Trinajstić information content (AvgIpc) is 3.20. The molecule has 32 heavy (non-hydrogen) atoms. The molecule has 1 fully saturated rings. The lowest BCUT2D eigenvalue weighted by Crippen LogP contribution is -2.41. The zero-order valence-electron chi connectivity index (χ0n) is 17.4. The molecule has 0 atom stereocenters. The van der Waals surface area contributed by atoms with Gasteiger partial charge < -0.3 is 10.1 Å². The van der Waals surface area contributed by atoms with Gasteiger partial charge in [-0.1, -0.05) is 17.4 Å². The van der Waals surface area contributed by atoms with Crippen LogP contribution in [0.25, 0.3) is 10.2 Å². The molecular weight excluding hydrogens is 460 g/mol. The second-order valence-corrected chi connectivity index (χ2v) is 10.5. The molecule has 170 valence electrons. The van der Waals surface area contributed by atoms with Crippen molar-refractivity contribution in [3.05, 3.63) is 47.5 Å². The van der Waals surface area contributed by atoms with Crippen LogP contribution in [0.2, 0.25) is 0 Å². The fraction of sp³-hybridized carbons (Fsp3) is 0.333. The number of ether oxygens (including phenoxy) is 1. The number of nitrogens with one attached hydrogen (secondary N) is 1. The third-order valence-electron chi connectivity index (χ3n) is 5.51. The quantitative estimate of drug-likeness (QED) is 0.597. The number of fused-ring (bicyclic) bond motifs is 1. The summed E-state index contributed by atoms with van der Waals surface area (Å²) in [6.07, 6.45) is 0.615. The predicted octanol–water partition coefficient (Wildman–Crippen LogP) is 3.93. The van der Waals surface area contributed by atoms with E-state index in [1.54, 1.807) is 7.11 Å². The summed E-state index contributed by atoms with van der Waals surface area (Å²) in [6.45, 7) is 2.16. The van der Waals surface area contributed by atoms with E-state index in [9.17, 15) is 22.0 Å². The molecule has 0 spiro atoms. The summed E-state index contributed by atoms with van der Waals surface area (Å²) >= 11 is 1.35. The third kappa shape index (κ3) is 4.19. The van der Waals surface area contributed by atoms with Gasteiger partial charge in [0.15, 0.2) is 16.8 Å². The molecule has 0 unspecified atom stereocenters. The van der Waals surface area contributed by atoms with Crippen LogP contribution in [-0.2, 0) is 14.8 Å². The van der Waals surface area contributed by atoms with Gasteiger partial charge in [0.05, 0.1) is 16.7 Å². The van der Waals surface area contributed by atoms with Crippen molar-refractivity contribution in [1.82, 2.24) is 9.29 Å². The molecule has 0 radical (unpaired) electrons. The number of carbonyl (C=O) groups is 1. The second-order valence-electron chi connectivity index (χ2n) is 7.52. The van der Waals surface area contributed by atoms with Crippen LogP contribution in [0, 0.1) is 24.5 Å². The molecule has 1 aromatic heterocycles. The van der Waals surface area contributed by atoms with Crippen LogP contribution in [0.15, 0.2) is 35.2 Å². The molecule has 2 aromatic carbocycles. The van der Waals surface area contributed by atoms with E-state index in [2.05, 4.69) is 10.3 Å². The number of nitrogens with zero attached hydrogens (tertiary/aromatic N) is 2. The van der Waals surface area contributed by atoms with Crippen molar-refractivity contribution >= 4 is 42.6 Å². The highest BCUT2D eigenvalue weighted by molar-refractivity contribution is 7.89. The van der Waals surface area contributed by atoms with Crippen LogP contribution in [0.3, 0.4) is 0 Å². The van der Waals surface area contributed by atoms with Crippen molar-refractivity contribution in [2.45, 2.75) is 24.7 Å². The minimum absolute atomic E-state index is 0.103. The van der Waals surface area contributed by atoms with E-state index in [1.165, 1.54) is 15.6 Å². The first-order valence-corrected chi connectivity index (χ1v) is 12.2. The van der Waals surface area contributed by atoms with Gasteiger partial charge >= 0.3 is 0 Å². The van der Waals surface area contributed by atoms with Gasteiger partial charge in [0, 0.05) is 19.0 Å². The van der Waals surface area contributed by atoms with Gasteiger partial charge in [0.2, 0.25) is 15.9 Å². The van der Waals surface area contributed by atoms with Crippen molar-refractivity contribution in [1.29, 1.82) is 0 Å². The minimum Gasteiger partial charge on any atom is -0.494 e. The molecule has 0 bridgehead atoms. The maximum absolute atomic E-state index is 13.5. The van der Waals surface area contributed by atoms with E-state index in [1.807, 2.05) is 19.1 Å². The van der Waals surface area contributed by atoms with Crippen molar-refractivity contribution in [3.8, 4) is 5.75 Å². The van der Waals surface area contributed by atoms with Crippen molar-refractivity contribution < 1.29 is 26.7 Å². The van der Waals surface area contributed by atoms with Crippen LogP contribution in [0.5, 0.6) is 5.75 Å². The highest BCUT2D eigenvalue weighted by Gasteiger charge is 2.33. The molecule has 1 amide bonds. The van der Waals surface area contributed by atoms with E-state index < -0.39 is 21.7 Å². The molecule has 11 heteroatoms. The smallest absolute Gasteiger partial charge is 0.243 e. The number of thiazole rings is 1. The maximum Gasteiger partial charge on any atom is 0.243 e. The maximum atomic E-state index is 13.5. The molecule has 4 rings (SSSR count).